The molecule has 0 heterocycles. The molecule has 0 aliphatic heterocycles. The van der Waals surface area contributed by atoms with E-state index in [2.05, 4.69) is 33.1 Å². The number of hydrogen-bond acceptors (Lipinski definition) is 1. The number of quaternary nitrogens is 1. The van der Waals surface area contributed by atoms with E-state index in [0.29, 0.717) is 0 Å². The largest absolute Gasteiger partial charge is 0.468 e. The van der Waals surface area contributed by atoms with Crippen molar-refractivity contribution >= 4 is 0 Å². The van der Waals surface area contributed by atoms with E-state index in [9.17, 15) is 0 Å². The lowest BCUT2D eigenvalue weighted by Gasteiger charge is -2.36. The summed E-state index contributed by atoms with van der Waals surface area (Å²) in [6, 6.07) is 1.63. The minimum atomic E-state index is 0.807. The van der Waals surface area contributed by atoms with E-state index in [1.165, 1.54) is 30.6 Å². The van der Waals surface area contributed by atoms with Gasteiger partial charge in [-0.3, -0.25) is 0 Å². The Morgan fingerprint density at radius 1 is 1.17 bits per heavy atom. The molecule has 12 heavy (non-hydrogen) atoms. The van der Waals surface area contributed by atoms with Crippen LogP contribution in [0.15, 0.2) is 0 Å². The average Bonchev–Trinajstić information content (AvgIpc) is 2.04. The topological polar surface area (TPSA) is 7.68 Å². The third kappa shape index (κ3) is 2.46. The molecular formula is C10H22N2. The second kappa shape index (κ2) is 4.24. The predicted molar refractivity (Wildman–Crippen MR) is 52.0 cm³/mol. The van der Waals surface area contributed by atoms with Crippen LogP contribution in [-0.2, 0) is 0 Å². The average molecular weight is 170 g/mol. The predicted octanol–water partition coefficient (Wildman–Crippen LogP) is 0.165. The quantitative estimate of drug-likeness (QED) is 0.580. The van der Waals surface area contributed by atoms with Crippen molar-refractivity contribution in [3.8, 4) is 0 Å². The smallest absolute Gasteiger partial charge is 0.0634 e. The first-order valence-corrected chi connectivity index (χ1v) is 4.93. The van der Waals surface area contributed by atoms with Crippen LogP contribution in [0.4, 0.5) is 0 Å². The van der Waals surface area contributed by atoms with Crippen LogP contribution >= 0.6 is 0 Å². The molecule has 72 valence electrons. The Hall–Kier alpha value is -0.0800. The Bertz CT molecular complexity index is 108. The lowest BCUT2D eigenvalue weighted by Crippen LogP contribution is -3.08. The van der Waals surface area contributed by atoms with Crippen LogP contribution in [0.25, 0.3) is 0 Å². The summed E-state index contributed by atoms with van der Waals surface area (Å²) in [6.45, 7) is 0. The van der Waals surface area contributed by atoms with Gasteiger partial charge in [0.1, 0.15) is 0 Å². The zero-order valence-electron chi connectivity index (χ0n) is 8.64. The standard InChI is InChI=1S/C10H22N2/c1-11(2)9-5-7-10(8-6-9)12(3)4/h9-11H,1,5-8H2,2-4H3. The fourth-order valence-corrected chi connectivity index (χ4v) is 2.09. The molecule has 0 aromatic heterocycles. The first-order valence-electron chi connectivity index (χ1n) is 4.93. The summed E-state index contributed by atoms with van der Waals surface area (Å²) in [5.41, 5.74) is 0. The summed E-state index contributed by atoms with van der Waals surface area (Å²) in [4.78, 5) is 3.74. The van der Waals surface area contributed by atoms with E-state index in [-0.39, 0.29) is 0 Å². The monoisotopic (exact) mass is 170 g/mol. The molecule has 1 atom stereocenters. The van der Waals surface area contributed by atoms with E-state index in [1.807, 2.05) is 0 Å². The van der Waals surface area contributed by atoms with Crippen molar-refractivity contribution in [2.24, 2.45) is 0 Å². The second-order valence-electron chi connectivity index (χ2n) is 4.32. The van der Waals surface area contributed by atoms with Crippen LogP contribution in [0.3, 0.4) is 0 Å². The van der Waals surface area contributed by atoms with Gasteiger partial charge < -0.3 is 9.80 Å². The van der Waals surface area contributed by atoms with E-state index in [0.717, 1.165) is 12.1 Å². The van der Waals surface area contributed by atoms with Crippen molar-refractivity contribution in [2.45, 2.75) is 37.8 Å². The number of nitrogens with zero attached hydrogens (tertiary/aromatic N) is 1. The lowest BCUT2D eigenvalue weighted by atomic mass is 9.90. The van der Waals surface area contributed by atoms with Gasteiger partial charge in [-0.15, -0.1) is 0 Å². The molecular weight excluding hydrogens is 148 g/mol. The highest BCUT2D eigenvalue weighted by Crippen LogP contribution is 2.19. The molecule has 0 spiro atoms. The van der Waals surface area contributed by atoms with Crippen molar-refractivity contribution in [3.05, 3.63) is 7.05 Å². The van der Waals surface area contributed by atoms with Crippen molar-refractivity contribution in [1.29, 1.82) is 0 Å². The number of hydrogen-bond donors (Lipinski definition) is 1. The highest BCUT2D eigenvalue weighted by Gasteiger charge is 2.23. The summed E-state index contributed by atoms with van der Waals surface area (Å²) in [5.74, 6) is 0. The third-order valence-electron chi connectivity index (χ3n) is 3.12. The molecule has 0 amide bonds. The maximum atomic E-state index is 4.04. The van der Waals surface area contributed by atoms with E-state index >= 15 is 0 Å². The van der Waals surface area contributed by atoms with Crippen molar-refractivity contribution in [1.82, 2.24) is 4.90 Å². The van der Waals surface area contributed by atoms with Crippen molar-refractivity contribution < 1.29 is 4.90 Å². The molecule has 1 aliphatic carbocycles. The maximum absolute atomic E-state index is 4.04. The number of rotatable bonds is 2. The van der Waals surface area contributed by atoms with Gasteiger partial charge in [-0.2, -0.15) is 7.05 Å². The van der Waals surface area contributed by atoms with Gasteiger partial charge in [0.15, 0.2) is 0 Å². The minimum absolute atomic E-state index is 0.807. The summed E-state index contributed by atoms with van der Waals surface area (Å²) in [6.07, 6.45) is 5.39. The zero-order valence-corrected chi connectivity index (χ0v) is 8.64. The fourth-order valence-electron chi connectivity index (χ4n) is 2.09. The molecule has 2 nitrogen and oxygen atoms in total. The van der Waals surface area contributed by atoms with Crippen LogP contribution in [0, 0.1) is 7.05 Å². The number of nitrogens with one attached hydrogen (secondary N) is 1. The summed E-state index contributed by atoms with van der Waals surface area (Å²) in [5, 5.41) is 0. The minimum Gasteiger partial charge on any atom is -0.468 e. The van der Waals surface area contributed by atoms with Gasteiger partial charge in [-0.25, -0.2) is 0 Å². The van der Waals surface area contributed by atoms with E-state index in [1.54, 1.807) is 0 Å². The molecule has 1 N–H and O–H groups in total. The van der Waals surface area contributed by atoms with E-state index in [4.69, 9.17) is 0 Å². The first-order chi connectivity index (χ1) is 5.61. The van der Waals surface area contributed by atoms with Gasteiger partial charge in [-0.1, -0.05) is 0 Å². The molecule has 0 saturated heterocycles. The molecule has 1 aliphatic rings. The highest BCUT2D eigenvalue weighted by molar-refractivity contribution is 4.76. The third-order valence-corrected chi connectivity index (χ3v) is 3.12. The fraction of sp³-hybridized carbons (Fsp3) is 0.900. The highest BCUT2D eigenvalue weighted by atomic mass is 15.1. The normalized spacial score (nSPS) is 33.8. The van der Waals surface area contributed by atoms with Gasteiger partial charge in [-0.05, 0) is 39.8 Å². The van der Waals surface area contributed by atoms with Crippen LogP contribution in [0.5, 0.6) is 0 Å². The van der Waals surface area contributed by atoms with Gasteiger partial charge in [0.05, 0.1) is 6.04 Å². The molecule has 0 aromatic carbocycles. The van der Waals surface area contributed by atoms with Crippen LogP contribution in [0.1, 0.15) is 25.7 Å². The molecule has 1 saturated carbocycles. The molecule has 0 radical (unpaired) electrons. The Kier molecular flexibility index (Phi) is 3.53. The van der Waals surface area contributed by atoms with Crippen LogP contribution in [-0.4, -0.2) is 38.1 Å². The Morgan fingerprint density at radius 2 is 1.67 bits per heavy atom. The van der Waals surface area contributed by atoms with Crippen molar-refractivity contribution in [3.63, 3.8) is 0 Å². The molecule has 1 unspecified atom stereocenters. The molecule has 1 rings (SSSR count). The molecule has 0 aromatic rings. The molecule has 2 heteroatoms. The van der Waals surface area contributed by atoms with Gasteiger partial charge in [0, 0.05) is 13.1 Å². The SMILES string of the molecule is [CH2-][NH+](C)C1CCC(N(C)C)CC1. The lowest BCUT2D eigenvalue weighted by molar-refractivity contribution is -0.861. The Balaban J connectivity index is 2.30. The molecule has 1 fully saturated rings. The van der Waals surface area contributed by atoms with Gasteiger partial charge in [0.2, 0.25) is 0 Å². The van der Waals surface area contributed by atoms with E-state index < -0.39 is 0 Å². The Morgan fingerprint density at radius 3 is 2.00 bits per heavy atom. The summed E-state index contributed by atoms with van der Waals surface area (Å²) in [7, 11) is 10.6. The van der Waals surface area contributed by atoms with Crippen LogP contribution < -0.4 is 4.90 Å². The van der Waals surface area contributed by atoms with Gasteiger partial charge in [0.25, 0.3) is 0 Å². The molecule has 0 bridgehead atoms. The van der Waals surface area contributed by atoms with Gasteiger partial charge >= 0.3 is 0 Å². The summed E-state index contributed by atoms with van der Waals surface area (Å²) >= 11 is 0. The first kappa shape index (κ1) is 10.0. The second-order valence-corrected chi connectivity index (χ2v) is 4.32. The van der Waals surface area contributed by atoms with Crippen molar-refractivity contribution in [2.75, 3.05) is 21.1 Å². The maximum Gasteiger partial charge on any atom is 0.0634 e. The van der Waals surface area contributed by atoms with Crippen LogP contribution in [0.2, 0.25) is 0 Å². The summed E-state index contributed by atoms with van der Waals surface area (Å²) < 4.78 is 0. The zero-order chi connectivity index (χ0) is 9.14. The Labute approximate surface area is 76.5 Å².